The maximum absolute atomic E-state index is 10.4. The highest BCUT2D eigenvalue weighted by atomic mass is 16.3. The van der Waals surface area contributed by atoms with Gasteiger partial charge in [0.05, 0.1) is 11.2 Å². The number of hydrogen-bond acceptors (Lipinski definition) is 3. The molecule has 0 bridgehead atoms. The molecule has 1 heterocycles. The average molecular weight is 213 g/mol. The molecule has 1 saturated carbocycles. The van der Waals surface area contributed by atoms with Crippen LogP contribution >= 0.6 is 0 Å². The third-order valence-electron chi connectivity index (χ3n) is 3.83. The van der Waals surface area contributed by atoms with Gasteiger partial charge in [-0.25, -0.2) is 0 Å². The minimum absolute atomic E-state index is 0.474. The summed E-state index contributed by atoms with van der Waals surface area (Å²) in [5, 5.41) is 20.2. The fraction of sp³-hybridized carbons (Fsp3) is 1.00. The summed E-state index contributed by atoms with van der Waals surface area (Å²) in [7, 11) is 0. The summed E-state index contributed by atoms with van der Waals surface area (Å²) in [6.07, 6.45) is 6.28. The van der Waals surface area contributed by atoms with Gasteiger partial charge in [-0.3, -0.25) is 4.90 Å². The number of aliphatic hydroxyl groups is 2. The van der Waals surface area contributed by atoms with E-state index >= 15 is 0 Å². The topological polar surface area (TPSA) is 43.7 Å². The monoisotopic (exact) mass is 213 g/mol. The first-order valence-corrected chi connectivity index (χ1v) is 6.16. The molecule has 1 unspecified atom stereocenters. The molecule has 0 amide bonds. The summed E-state index contributed by atoms with van der Waals surface area (Å²) >= 11 is 0. The van der Waals surface area contributed by atoms with Crippen molar-refractivity contribution >= 4 is 0 Å². The molecule has 1 aliphatic carbocycles. The molecule has 3 heteroatoms. The Balaban J connectivity index is 1.86. The molecule has 0 aromatic carbocycles. The molecule has 2 aliphatic rings. The van der Waals surface area contributed by atoms with Crippen LogP contribution in [0.5, 0.6) is 0 Å². The molecule has 1 aliphatic heterocycles. The molecule has 0 spiro atoms. The molecule has 0 aromatic rings. The Morgan fingerprint density at radius 1 is 1.07 bits per heavy atom. The van der Waals surface area contributed by atoms with Crippen LogP contribution in [0.4, 0.5) is 0 Å². The molecular formula is C12H23NO2. The minimum Gasteiger partial charge on any atom is -0.389 e. The van der Waals surface area contributed by atoms with Crippen molar-refractivity contribution in [2.45, 2.75) is 56.7 Å². The summed E-state index contributed by atoms with van der Waals surface area (Å²) in [4.78, 5) is 2.21. The van der Waals surface area contributed by atoms with Crippen LogP contribution in [-0.4, -0.2) is 45.9 Å². The van der Waals surface area contributed by atoms with Gasteiger partial charge < -0.3 is 10.2 Å². The van der Waals surface area contributed by atoms with Crippen molar-refractivity contribution in [2.24, 2.45) is 0 Å². The third-order valence-corrected chi connectivity index (χ3v) is 3.83. The van der Waals surface area contributed by atoms with E-state index in [1.165, 1.54) is 6.42 Å². The second-order valence-electron chi connectivity index (χ2n) is 5.74. The van der Waals surface area contributed by atoms with Crippen molar-refractivity contribution in [1.82, 2.24) is 4.90 Å². The summed E-state index contributed by atoms with van der Waals surface area (Å²) in [6, 6.07) is 0. The van der Waals surface area contributed by atoms with Gasteiger partial charge in [0.25, 0.3) is 0 Å². The fourth-order valence-corrected chi connectivity index (χ4v) is 2.96. The van der Waals surface area contributed by atoms with E-state index in [1.54, 1.807) is 0 Å². The number of β-amino-alcohol motifs (C(OH)–C–C–N with tert-alkyl or cyclic N) is 2. The maximum Gasteiger partial charge on any atom is 0.0774 e. The first kappa shape index (κ1) is 11.4. The predicted molar refractivity (Wildman–Crippen MR) is 59.7 cm³/mol. The van der Waals surface area contributed by atoms with E-state index in [9.17, 15) is 10.2 Å². The van der Waals surface area contributed by atoms with Crippen LogP contribution in [0, 0.1) is 0 Å². The summed E-state index contributed by atoms with van der Waals surface area (Å²) in [5.41, 5.74) is -1.01. The molecule has 0 aromatic heterocycles. The van der Waals surface area contributed by atoms with E-state index < -0.39 is 11.2 Å². The number of rotatable bonds is 2. The van der Waals surface area contributed by atoms with Gasteiger partial charge in [-0.2, -0.15) is 0 Å². The van der Waals surface area contributed by atoms with Crippen molar-refractivity contribution in [3.8, 4) is 0 Å². The van der Waals surface area contributed by atoms with Crippen molar-refractivity contribution in [2.75, 3.05) is 19.6 Å². The second kappa shape index (κ2) is 4.04. The minimum atomic E-state index is -0.537. The Labute approximate surface area is 92.1 Å². The standard InChI is InChI=1S/C12H23NO2/c1-11(14)7-8-13(9-11)10-12(15)5-3-2-4-6-12/h14-15H,2-10H2,1H3. The van der Waals surface area contributed by atoms with Gasteiger partial charge in [0.2, 0.25) is 0 Å². The van der Waals surface area contributed by atoms with Gasteiger partial charge >= 0.3 is 0 Å². The highest BCUT2D eigenvalue weighted by Gasteiger charge is 2.37. The van der Waals surface area contributed by atoms with Gasteiger partial charge in [-0.05, 0) is 26.2 Å². The van der Waals surface area contributed by atoms with Gasteiger partial charge in [0.15, 0.2) is 0 Å². The number of nitrogens with zero attached hydrogens (tertiary/aromatic N) is 1. The molecule has 2 N–H and O–H groups in total. The van der Waals surface area contributed by atoms with Crippen LogP contribution in [-0.2, 0) is 0 Å². The summed E-state index contributed by atoms with van der Waals surface area (Å²) in [5.74, 6) is 0. The Hall–Kier alpha value is -0.120. The van der Waals surface area contributed by atoms with Crippen LogP contribution < -0.4 is 0 Å². The zero-order valence-corrected chi connectivity index (χ0v) is 9.71. The zero-order valence-electron chi connectivity index (χ0n) is 9.71. The largest absolute Gasteiger partial charge is 0.389 e. The lowest BCUT2D eigenvalue weighted by Crippen LogP contribution is -2.44. The van der Waals surface area contributed by atoms with Crippen LogP contribution in [0.15, 0.2) is 0 Å². The molecule has 1 atom stereocenters. The van der Waals surface area contributed by atoms with Crippen LogP contribution in [0.3, 0.4) is 0 Å². The third kappa shape index (κ3) is 2.92. The van der Waals surface area contributed by atoms with Crippen molar-refractivity contribution in [3.63, 3.8) is 0 Å². The quantitative estimate of drug-likeness (QED) is 0.723. The summed E-state index contributed by atoms with van der Waals surface area (Å²) in [6.45, 7) is 4.28. The van der Waals surface area contributed by atoms with Crippen molar-refractivity contribution < 1.29 is 10.2 Å². The van der Waals surface area contributed by atoms with E-state index in [0.717, 1.165) is 51.7 Å². The first-order chi connectivity index (χ1) is 6.99. The smallest absolute Gasteiger partial charge is 0.0774 e. The normalized spacial score (nSPS) is 37.0. The SMILES string of the molecule is CC1(O)CCN(CC2(O)CCCCC2)C1. The number of hydrogen-bond donors (Lipinski definition) is 2. The average Bonchev–Trinajstić information content (AvgIpc) is 2.45. The van der Waals surface area contributed by atoms with Gasteiger partial charge in [-0.1, -0.05) is 19.3 Å². The molecule has 1 saturated heterocycles. The van der Waals surface area contributed by atoms with Crippen molar-refractivity contribution in [1.29, 1.82) is 0 Å². The first-order valence-electron chi connectivity index (χ1n) is 6.16. The van der Waals surface area contributed by atoms with Gasteiger partial charge in [0.1, 0.15) is 0 Å². The van der Waals surface area contributed by atoms with E-state index in [4.69, 9.17) is 0 Å². The maximum atomic E-state index is 10.4. The second-order valence-corrected chi connectivity index (χ2v) is 5.74. The fourth-order valence-electron chi connectivity index (χ4n) is 2.96. The van der Waals surface area contributed by atoms with Gasteiger partial charge in [0, 0.05) is 19.6 Å². The lowest BCUT2D eigenvalue weighted by molar-refractivity contribution is -0.0272. The van der Waals surface area contributed by atoms with Crippen molar-refractivity contribution in [3.05, 3.63) is 0 Å². The highest BCUT2D eigenvalue weighted by molar-refractivity contribution is 4.92. The predicted octanol–water partition coefficient (Wildman–Crippen LogP) is 1.14. The molecule has 0 radical (unpaired) electrons. The Morgan fingerprint density at radius 2 is 1.73 bits per heavy atom. The van der Waals surface area contributed by atoms with Crippen LogP contribution in [0.25, 0.3) is 0 Å². The highest BCUT2D eigenvalue weighted by Crippen LogP contribution is 2.31. The Morgan fingerprint density at radius 3 is 2.27 bits per heavy atom. The van der Waals surface area contributed by atoms with E-state index in [0.29, 0.717) is 0 Å². The molecule has 3 nitrogen and oxygen atoms in total. The Bertz CT molecular complexity index is 222. The van der Waals surface area contributed by atoms with Crippen LogP contribution in [0.2, 0.25) is 0 Å². The lowest BCUT2D eigenvalue weighted by Gasteiger charge is -2.35. The van der Waals surface area contributed by atoms with Crippen LogP contribution in [0.1, 0.15) is 45.4 Å². The molecule has 2 fully saturated rings. The molecule has 88 valence electrons. The molecule has 2 rings (SSSR count). The number of likely N-dealkylation sites (tertiary alicyclic amines) is 1. The lowest BCUT2D eigenvalue weighted by atomic mass is 9.84. The van der Waals surface area contributed by atoms with E-state index in [1.807, 2.05) is 6.92 Å². The van der Waals surface area contributed by atoms with E-state index in [2.05, 4.69) is 4.90 Å². The zero-order chi connectivity index (χ0) is 10.9. The Kier molecular flexibility index (Phi) is 3.06. The summed E-state index contributed by atoms with van der Waals surface area (Å²) < 4.78 is 0. The molecule has 15 heavy (non-hydrogen) atoms. The molecular weight excluding hydrogens is 190 g/mol. The van der Waals surface area contributed by atoms with Gasteiger partial charge in [-0.15, -0.1) is 0 Å². The van der Waals surface area contributed by atoms with E-state index in [-0.39, 0.29) is 0 Å².